The van der Waals surface area contributed by atoms with E-state index < -0.39 is 22.8 Å². The van der Waals surface area contributed by atoms with Crippen LogP contribution >= 0.6 is 0 Å². The standard InChI is InChI=1S/C8H11F3N2O3/c9-8(10,11)6(14)13(12-7(15)16)4-2-1-3-5-13/h12H,1-5H2. The van der Waals surface area contributed by atoms with E-state index in [1.165, 1.54) is 0 Å². The molecular weight excluding hydrogens is 229 g/mol. The number of nitrogens with zero attached hydrogens (tertiary/aromatic N) is 1. The van der Waals surface area contributed by atoms with Crippen molar-refractivity contribution < 1.29 is 32.5 Å². The van der Waals surface area contributed by atoms with Crippen molar-refractivity contribution in [3.8, 4) is 0 Å². The highest BCUT2D eigenvalue weighted by Gasteiger charge is 2.55. The van der Waals surface area contributed by atoms with Crippen molar-refractivity contribution in [2.24, 2.45) is 0 Å². The van der Waals surface area contributed by atoms with Crippen molar-refractivity contribution in [2.45, 2.75) is 25.4 Å². The van der Waals surface area contributed by atoms with E-state index in [9.17, 15) is 27.9 Å². The van der Waals surface area contributed by atoms with Gasteiger partial charge in [-0.15, -0.1) is 0 Å². The first-order valence-electron chi connectivity index (χ1n) is 4.76. The van der Waals surface area contributed by atoms with Crippen LogP contribution in [0.4, 0.5) is 18.0 Å². The summed E-state index contributed by atoms with van der Waals surface area (Å²) in [6, 6.07) is 0. The van der Waals surface area contributed by atoms with Crippen molar-refractivity contribution in [3.05, 3.63) is 0 Å². The monoisotopic (exact) mass is 240 g/mol. The highest BCUT2D eigenvalue weighted by Crippen LogP contribution is 2.26. The van der Waals surface area contributed by atoms with Gasteiger partial charge in [0.15, 0.2) is 6.09 Å². The summed E-state index contributed by atoms with van der Waals surface area (Å²) >= 11 is 0. The van der Waals surface area contributed by atoms with Crippen LogP contribution in [0.15, 0.2) is 0 Å². The molecule has 0 atom stereocenters. The first-order chi connectivity index (χ1) is 7.28. The van der Waals surface area contributed by atoms with E-state index in [0.717, 1.165) is 0 Å². The predicted octanol–water partition coefficient (Wildman–Crippen LogP) is -0.0761. The van der Waals surface area contributed by atoms with Gasteiger partial charge in [0.2, 0.25) is 0 Å². The summed E-state index contributed by atoms with van der Waals surface area (Å²) in [5.74, 6) is -2.09. The average molecular weight is 240 g/mol. The van der Waals surface area contributed by atoms with Gasteiger partial charge in [0, 0.05) is 0 Å². The SMILES string of the molecule is O=C([O-])N[N+]1(C(=O)C(F)(F)F)CCCCC1. The Morgan fingerprint density at radius 1 is 1.12 bits per heavy atom. The molecule has 0 saturated carbocycles. The summed E-state index contributed by atoms with van der Waals surface area (Å²) < 4.78 is 35.6. The molecule has 1 fully saturated rings. The predicted molar refractivity (Wildman–Crippen MR) is 43.4 cm³/mol. The Morgan fingerprint density at radius 3 is 2.00 bits per heavy atom. The van der Waals surface area contributed by atoms with E-state index in [4.69, 9.17) is 0 Å². The quantitative estimate of drug-likeness (QED) is 0.602. The van der Waals surface area contributed by atoms with Crippen molar-refractivity contribution in [3.63, 3.8) is 0 Å². The van der Waals surface area contributed by atoms with E-state index >= 15 is 0 Å². The fourth-order valence-corrected chi connectivity index (χ4v) is 1.84. The van der Waals surface area contributed by atoms with Gasteiger partial charge in [0.05, 0.1) is 0 Å². The molecule has 1 aliphatic heterocycles. The number of halogens is 3. The van der Waals surface area contributed by atoms with Gasteiger partial charge >= 0.3 is 12.1 Å². The summed E-state index contributed by atoms with van der Waals surface area (Å²) in [4.78, 5) is 21.5. The first kappa shape index (κ1) is 12.8. The number of carbonyl (C=O) groups excluding carboxylic acids is 2. The fourth-order valence-electron chi connectivity index (χ4n) is 1.84. The second-order valence-corrected chi connectivity index (χ2v) is 3.68. The van der Waals surface area contributed by atoms with Gasteiger partial charge in [-0.2, -0.15) is 17.8 Å². The first-order valence-corrected chi connectivity index (χ1v) is 4.76. The van der Waals surface area contributed by atoms with Crippen LogP contribution in [0.2, 0.25) is 0 Å². The van der Waals surface area contributed by atoms with Crippen LogP contribution < -0.4 is 10.5 Å². The molecule has 1 N–H and O–H groups in total. The second kappa shape index (κ2) is 4.28. The molecule has 0 bridgehead atoms. The van der Waals surface area contributed by atoms with Gasteiger partial charge in [0.1, 0.15) is 13.1 Å². The van der Waals surface area contributed by atoms with Crippen LogP contribution in [-0.2, 0) is 4.79 Å². The minimum Gasteiger partial charge on any atom is -0.526 e. The molecule has 0 aromatic carbocycles. The molecule has 0 radical (unpaired) electrons. The maximum Gasteiger partial charge on any atom is 0.512 e. The lowest BCUT2D eigenvalue weighted by Crippen LogP contribution is -2.70. The molecule has 1 aliphatic rings. The number of hydrogen-bond acceptors (Lipinski definition) is 3. The van der Waals surface area contributed by atoms with Crippen molar-refractivity contribution in [1.29, 1.82) is 0 Å². The third-order valence-corrected chi connectivity index (χ3v) is 2.52. The van der Waals surface area contributed by atoms with Crippen LogP contribution in [-0.4, -0.2) is 35.9 Å². The van der Waals surface area contributed by atoms with Gasteiger partial charge in [0.25, 0.3) is 0 Å². The molecule has 0 spiro atoms. The number of hydrogen-bond donors (Lipinski definition) is 1. The molecule has 1 rings (SSSR count). The molecule has 0 unspecified atom stereocenters. The zero-order valence-electron chi connectivity index (χ0n) is 8.34. The van der Waals surface area contributed by atoms with Crippen LogP contribution in [0.3, 0.4) is 0 Å². The number of rotatable bonds is 0. The lowest BCUT2D eigenvalue weighted by Gasteiger charge is -2.38. The Balaban J connectivity index is 2.94. The molecular formula is C8H11F3N2O3. The minimum atomic E-state index is -5.06. The van der Waals surface area contributed by atoms with Gasteiger partial charge in [-0.1, -0.05) is 0 Å². The largest absolute Gasteiger partial charge is 0.526 e. The Kier molecular flexibility index (Phi) is 3.41. The number of nitrogens with one attached hydrogen (secondary N) is 1. The second-order valence-electron chi connectivity index (χ2n) is 3.68. The van der Waals surface area contributed by atoms with Gasteiger partial charge < -0.3 is 9.90 Å². The molecule has 0 aromatic heterocycles. The Morgan fingerprint density at radius 2 is 1.62 bits per heavy atom. The molecule has 16 heavy (non-hydrogen) atoms. The summed E-state index contributed by atoms with van der Waals surface area (Å²) in [7, 11) is 0. The Labute approximate surface area is 89.4 Å². The molecule has 1 heterocycles. The van der Waals surface area contributed by atoms with Crippen molar-refractivity contribution in [1.82, 2.24) is 5.43 Å². The normalized spacial score (nSPS) is 20.2. The number of carbonyl (C=O) groups is 2. The molecule has 92 valence electrons. The number of likely N-dealkylation sites (tertiary alicyclic amines) is 1. The van der Waals surface area contributed by atoms with Crippen LogP contribution in [0.25, 0.3) is 0 Å². The molecule has 0 aromatic rings. The highest BCUT2D eigenvalue weighted by molar-refractivity contribution is 5.76. The van der Waals surface area contributed by atoms with Crippen molar-refractivity contribution in [2.75, 3.05) is 13.1 Å². The smallest absolute Gasteiger partial charge is 0.512 e. The van der Waals surface area contributed by atoms with Gasteiger partial charge in [-0.25, -0.2) is 10.2 Å². The third kappa shape index (κ3) is 2.63. The van der Waals surface area contributed by atoms with Gasteiger partial charge in [-0.3, -0.25) is 0 Å². The summed E-state index contributed by atoms with van der Waals surface area (Å²) in [5, 5.41) is 10.3. The maximum absolute atomic E-state index is 12.3. The zero-order valence-corrected chi connectivity index (χ0v) is 8.34. The van der Waals surface area contributed by atoms with Crippen LogP contribution in [0, 0.1) is 0 Å². The summed E-state index contributed by atoms with van der Waals surface area (Å²) in [6.45, 7) is -0.376. The van der Waals surface area contributed by atoms with E-state index in [-0.39, 0.29) is 13.1 Å². The van der Waals surface area contributed by atoms with E-state index in [0.29, 0.717) is 19.3 Å². The highest BCUT2D eigenvalue weighted by atomic mass is 19.4. The molecule has 8 heteroatoms. The summed E-state index contributed by atoms with van der Waals surface area (Å²) in [6.07, 6.45) is -5.52. The van der Waals surface area contributed by atoms with Crippen LogP contribution in [0.5, 0.6) is 0 Å². The maximum atomic E-state index is 12.3. The number of piperidine rings is 1. The molecule has 0 aliphatic carbocycles. The van der Waals surface area contributed by atoms with E-state index in [1.807, 2.05) is 0 Å². The lowest BCUT2D eigenvalue weighted by atomic mass is 10.1. The van der Waals surface area contributed by atoms with E-state index in [2.05, 4.69) is 0 Å². The van der Waals surface area contributed by atoms with Gasteiger partial charge in [-0.05, 0) is 19.3 Å². The number of quaternary nitrogens is 1. The molecule has 1 saturated heterocycles. The molecule has 2 amide bonds. The number of alkyl halides is 3. The Bertz CT molecular complexity index is 297. The average Bonchev–Trinajstić information content (AvgIpc) is 2.15. The minimum absolute atomic E-state index is 0.188. The zero-order chi connectivity index (χ0) is 12.4. The third-order valence-electron chi connectivity index (χ3n) is 2.52. The summed E-state index contributed by atoms with van der Waals surface area (Å²) in [5.41, 5.74) is 1.58. The molecule has 5 nitrogen and oxygen atoms in total. The topological polar surface area (TPSA) is 69.2 Å². The number of carboxylic acid groups (broad SMARTS) is 1. The lowest BCUT2D eigenvalue weighted by molar-refractivity contribution is -0.901. The van der Waals surface area contributed by atoms with Crippen LogP contribution in [0.1, 0.15) is 19.3 Å². The van der Waals surface area contributed by atoms with E-state index in [1.54, 1.807) is 5.43 Å². The number of amides is 2. The fraction of sp³-hybridized carbons (Fsp3) is 0.750. The Hall–Kier alpha value is -1.31. The van der Waals surface area contributed by atoms with Crippen molar-refractivity contribution >= 4 is 12.0 Å².